The molecule has 0 radical (unpaired) electrons. The summed E-state index contributed by atoms with van der Waals surface area (Å²) >= 11 is 0. The topological polar surface area (TPSA) is 423 Å². The van der Waals surface area contributed by atoms with Gasteiger partial charge in [0, 0.05) is 37.9 Å². The highest BCUT2D eigenvalue weighted by molar-refractivity contribution is 5.91. The van der Waals surface area contributed by atoms with Crippen molar-refractivity contribution in [1.29, 1.82) is 0 Å². The number of amides is 6. The van der Waals surface area contributed by atoms with Crippen LogP contribution in [0.25, 0.3) is 0 Å². The predicted octanol–water partition coefficient (Wildman–Crippen LogP) is -1.62. The van der Waals surface area contributed by atoms with Crippen LogP contribution in [0.15, 0.2) is 24.3 Å². The third-order valence-electron chi connectivity index (χ3n) is 8.04. The summed E-state index contributed by atoms with van der Waals surface area (Å²) in [6, 6.07) is -1.51. The van der Waals surface area contributed by atoms with Crippen molar-refractivity contribution < 1.29 is 98.3 Å². The number of carbonyl (C=O) groups is 10. The standard InChI is InChI=1S/C20H27N3O10.C17H29N3O10/c24-8-10-33-9-7-16(25)21-13-3-1-12(2-4-13)11-15(19(30)31)23-20(32)22-14(18(28)29)5-6-17(26)27;21-8-10-30-9-6-13(22)18-7-2-1-3-11(15(25)26)19-17(29)20-12(16(27)28)4-5-14(23)24/h1-4,14-15,24H,5-11H2,(H,21,25)(H,26,27)(H,28,29)(H,30,31)(H2,22,23,32);11-12,21H,1-10H2,(H,18,22)(H,23,24)(H,25,26)(H,27,28)(H2,19,20,29). The van der Waals surface area contributed by atoms with Gasteiger partial charge in [0.1, 0.15) is 24.2 Å². The SMILES string of the molecule is O=C(O)CCC(NC(=O)NC(CCCCNC(=O)CCOCCO)C(=O)O)C(=O)O.O=C(O)CCC(NC(=O)NC(Cc1ccc(NC(=O)CCOCCO)cc1)C(=O)O)C(=O)O. The molecule has 0 fully saturated rings. The molecule has 0 saturated heterocycles. The average molecular weight is 905 g/mol. The van der Waals surface area contributed by atoms with Gasteiger partial charge in [-0.1, -0.05) is 12.1 Å². The van der Waals surface area contributed by atoms with Crippen LogP contribution in [0, 0.1) is 0 Å². The number of carbonyl (C=O) groups excluding carboxylic acids is 4. The van der Waals surface area contributed by atoms with E-state index in [1.165, 1.54) is 0 Å². The van der Waals surface area contributed by atoms with Crippen molar-refractivity contribution >= 4 is 65.4 Å². The van der Waals surface area contributed by atoms with Gasteiger partial charge in [-0.25, -0.2) is 28.8 Å². The molecule has 0 heterocycles. The molecular formula is C37H56N6O20. The third-order valence-corrected chi connectivity index (χ3v) is 8.04. The summed E-state index contributed by atoms with van der Waals surface area (Å²) in [5.41, 5.74) is 0.985. The van der Waals surface area contributed by atoms with Crippen LogP contribution >= 0.6 is 0 Å². The normalized spacial score (nSPS) is 12.3. The Hall–Kier alpha value is -6.64. The molecule has 0 aliphatic heterocycles. The van der Waals surface area contributed by atoms with Gasteiger partial charge in [-0.2, -0.15) is 0 Å². The Morgan fingerprint density at radius 1 is 0.492 bits per heavy atom. The number of ether oxygens (including phenoxy) is 2. The Kier molecular flexibility index (Phi) is 29.6. The number of rotatable bonds is 32. The zero-order valence-electron chi connectivity index (χ0n) is 34.1. The Morgan fingerprint density at radius 3 is 1.32 bits per heavy atom. The van der Waals surface area contributed by atoms with Crippen molar-refractivity contribution in [2.24, 2.45) is 0 Å². The molecule has 0 saturated carbocycles. The third kappa shape index (κ3) is 29.3. The minimum absolute atomic E-state index is 0.0467. The lowest BCUT2D eigenvalue weighted by atomic mass is 10.1. The molecule has 1 aromatic rings. The number of nitrogens with one attached hydrogen (secondary N) is 6. The van der Waals surface area contributed by atoms with Crippen molar-refractivity contribution in [3.8, 4) is 0 Å². The molecule has 4 atom stereocenters. The van der Waals surface area contributed by atoms with Crippen LogP contribution in [0.4, 0.5) is 15.3 Å². The molecule has 0 aliphatic carbocycles. The fraction of sp³-hybridized carbons (Fsp3) is 0.568. The summed E-state index contributed by atoms with van der Waals surface area (Å²) in [5.74, 6) is -8.57. The molecule has 26 nitrogen and oxygen atoms in total. The van der Waals surface area contributed by atoms with Crippen LogP contribution in [0.5, 0.6) is 0 Å². The predicted molar refractivity (Wildman–Crippen MR) is 213 cm³/mol. The quantitative estimate of drug-likeness (QED) is 0.0361. The lowest BCUT2D eigenvalue weighted by molar-refractivity contribution is -0.142. The van der Waals surface area contributed by atoms with Gasteiger partial charge in [0.15, 0.2) is 0 Å². The van der Waals surface area contributed by atoms with Crippen LogP contribution in [0.3, 0.4) is 0 Å². The van der Waals surface area contributed by atoms with Crippen LogP contribution in [-0.2, 0) is 54.3 Å². The number of aliphatic carboxylic acids is 6. The van der Waals surface area contributed by atoms with Gasteiger partial charge >= 0.3 is 47.9 Å². The second-order valence-electron chi connectivity index (χ2n) is 13.1. The molecule has 14 N–H and O–H groups in total. The van der Waals surface area contributed by atoms with Crippen molar-refractivity contribution in [3.05, 3.63) is 29.8 Å². The van der Waals surface area contributed by atoms with Crippen LogP contribution in [-0.4, -0.2) is 171 Å². The number of aliphatic hydroxyl groups is 2. The zero-order chi connectivity index (χ0) is 47.7. The first-order valence-electron chi connectivity index (χ1n) is 19.3. The highest BCUT2D eigenvalue weighted by Gasteiger charge is 2.26. The smallest absolute Gasteiger partial charge is 0.326 e. The van der Waals surface area contributed by atoms with Crippen LogP contribution < -0.4 is 31.9 Å². The number of aliphatic hydroxyl groups excluding tert-OH is 2. The maximum absolute atomic E-state index is 12.0. The fourth-order valence-corrected chi connectivity index (χ4v) is 4.86. The summed E-state index contributed by atoms with van der Waals surface area (Å²) in [5, 5.41) is 84.7. The van der Waals surface area contributed by atoms with Crippen LogP contribution in [0.1, 0.15) is 63.4 Å². The van der Waals surface area contributed by atoms with Crippen molar-refractivity contribution in [2.45, 2.75) is 88.4 Å². The first-order chi connectivity index (χ1) is 29.8. The summed E-state index contributed by atoms with van der Waals surface area (Å²) in [6.07, 6.45) is -0.720. The number of carboxylic acid groups (broad SMARTS) is 6. The molecule has 26 heteroatoms. The van der Waals surface area contributed by atoms with E-state index in [9.17, 15) is 58.2 Å². The molecule has 1 rings (SSSR count). The second-order valence-corrected chi connectivity index (χ2v) is 13.1. The maximum Gasteiger partial charge on any atom is 0.326 e. The Bertz CT molecular complexity index is 1650. The van der Waals surface area contributed by atoms with Crippen molar-refractivity contribution in [3.63, 3.8) is 0 Å². The Balaban J connectivity index is 0.00000123. The molecule has 1 aromatic carbocycles. The van der Waals surface area contributed by atoms with E-state index in [0.717, 1.165) is 0 Å². The molecule has 0 bridgehead atoms. The van der Waals surface area contributed by atoms with E-state index in [4.69, 9.17) is 40.1 Å². The number of anilines is 1. The summed E-state index contributed by atoms with van der Waals surface area (Å²) in [4.78, 5) is 113. The minimum Gasteiger partial charge on any atom is -0.481 e. The molecule has 0 aromatic heterocycles. The summed E-state index contributed by atoms with van der Waals surface area (Å²) in [6.45, 7) is 0.649. The minimum atomic E-state index is -1.49. The highest BCUT2D eigenvalue weighted by atomic mass is 16.5. The first-order valence-corrected chi connectivity index (χ1v) is 19.3. The Labute approximate surface area is 359 Å². The molecule has 6 amide bonds. The summed E-state index contributed by atoms with van der Waals surface area (Å²) < 4.78 is 9.96. The van der Waals surface area contributed by atoms with E-state index in [1.54, 1.807) is 24.3 Å². The number of hydrogen-bond acceptors (Lipinski definition) is 14. The van der Waals surface area contributed by atoms with Gasteiger partial charge in [-0.05, 0) is 49.8 Å². The average Bonchev–Trinajstić information content (AvgIpc) is 3.20. The number of hydrogen-bond donors (Lipinski definition) is 14. The monoisotopic (exact) mass is 904 g/mol. The maximum atomic E-state index is 12.0. The van der Waals surface area contributed by atoms with E-state index < -0.39 is 84.9 Å². The molecule has 0 spiro atoms. The molecule has 63 heavy (non-hydrogen) atoms. The Morgan fingerprint density at radius 2 is 0.905 bits per heavy atom. The van der Waals surface area contributed by atoms with Gasteiger partial charge in [0.25, 0.3) is 0 Å². The number of carboxylic acids is 6. The van der Waals surface area contributed by atoms with E-state index in [2.05, 4.69) is 26.6 Å². The largest absolute Gasteiger partial charge is 0.481 e. The van der Waals surface area contributed by atoms with E-state index in [1.807, 2.05) is 5.32 Å². The number of unbranched alkanes of at least 4 members (excludes halogenated alkanes) is 1. The van der Waals surface area contributed by atoms with Gasteiger partial charge in [-0.3, -0.25) is 19.2 Å². The lowest BCUT2D eigenvalue weighted by Crippen LogP contribution is -2.51. The van der Waals surface area contributed by atoms with Crippen LogP contribution in [0.2, 0.25) is 0 Å². The van der Waals surface area contributed by atoms with E-state index in [-0.39, 0.29) is 90.0 Å². The molecule has 4 unspecified atom stereocenters. The van der Waals surface area contributed by atoms with Gasteiger partial charge < -0.3 is 82.2 Å². The fourth-order valence-electron chi connectivity index (χ4n) is 4.86. The number of benzene rings is 1. The first kappa shape index (κ1) is 56.4. The zero-order valence-corrected chi connectivity index (χ0v) is 34.1. The second kappa shape index (κ2) is 33.0. The van der Waals surface area contributed by atoms with Gasteiger partial charge in [0.05, 0.1) is 46.1 Å². The highest BCUT2D eigenvalue weighted by Crippen LogP contribution is 2.12. The number of urea groups is 2. The van der Waals surface area contributed by atoms with Crippen molar-refractivity contribution in [2.75, 3.05) is 51.5 Å². The molecular weight excluding hydrogens is 848 g/mol. The van der Waals surface area contributed by atoms with Crippen molar-refractivity contribution in [1.82, 2.24) is 26.6 Å². The lowest BCUT2D eigenvalue weighted by Gasteiger charge is -2.18. The molecule has 0 aliphatic rings. The van der Waals surface area contributed by atoms with Gasteiger partial charge in [-0.15, -0.1) is 0 Å². The van der Waals surface area contributed by atoms with E-state index in [0.29, 0.717) is 30.6 Å². The van der Waals surface area contributed by atoms with Gasteiger partial charge in [0.2, 0.25) is 11.8 Å². The summed E-state index contributed by atoms with van der Waals surface area (Å²) in [7, 11) is 0. The molecule has 354 valence electrons. The van der Waals surface area contributed by atoms with E-state index >= 15 is 0 Å².